The van der Waals surface area contributed by atoms with Crippen molar-refractivity contribution in [1.82, 2.24) is 5.32 Å². The molecule has 5 rings (SSSR count). The standard InChI is InChI=1S/C32H34F3NO12/c1-5-46-12-19(37)31(44)10-15-22(17(11-31)48-20-9-18(30(3,43)13(2)47-20)36-29(42)32(33,34)35)28(41)24-23(26(15)39)25(38)14-7-6-8-16(45-4)21(14)27(24)40/h6-8,13,17-18,20,39,41,43-44H,5,9-12H2,1-4H3,(H,36,42). The van der Waals surface area contributed by atoms with E-state index < -0.39 is 114 Å². The highest BCUT2D eigenvalue weighted by molar-refractivity contribution is 6.31. The van der Waals surface area contributed by atoms with Gasteiger partial charge in [-0.25, -0.2) is 0 Å². The molecule has 1 saturated heterocycles. The molecular weight excluding hydrogens is 647 g/mol. The number of phenolic OH excluding ortho intramolecular Hbond substituents is 2. The third-order valence-electron chi connectivity index (χ3n) is 9.22. The zero-order valence-corrected chi connectivity index (χ0v) is 26.3. The van der Waals surface area contributed by atoms with E-state index in [-0.39, 0.29) is 34.6 Å². The molecule has 0 spiro atoms. The Morgan fingerprint density at radius 3 is 2.38 bits per heavy atom. The summed E-state index contributed by atoms with van der Waals surface area (Å²) >= 11 is 0. The topological polar surface area (TPSA) is 198 Å². The van der Waals surface area contributed by atoms with Gasteiger partial charge in [-0.1, -0.05) is 12.1 Å². The van der Waals surface area contributed by atoms with Gasteiger partial charge < -0.3 is 44.7 Å². The summed E-state index contributed by atoms with van der Waals surface area (Å²) in [5.41, 5.74) is -6.42. The number of amides is 1. The SMILES string of the molecule is CCOCC(=O)C1(O)Cc2c(O)c3c(c(O)c2C(OC2CC(NC(=O)C(F)(F)F)C(C)(O)C(C)O2)C1)C(=O)c1c(OC)cccc1C3=O. The average Bonchev–Trinajstić information content (AvgIpc) is 3.01. The third kappa shape index (κ3) is 5.81. The first-order valence-corrected chi connectivity index (χ1v) is 15.0. The van der Waals surface area contributed by atoms with E-state index in [2.05, 4.69) is 0 Å². The molecule has 6 atom stereocenters. The first kappa shape index (κ1) is 35.2. The normalized spacial score (nSPS) is 28.3. The highest BCUT2D eigenvalue weighted by Crippen LogP contribution is 2.52. The van der Waals surface area contributed by atoms with E-state index >= 15 is 0 Å². The zero-order chi connectivity index (χ0) is 35.5. The number of nitrogens with one attached hydrogen (secondary N) is 1. The molecular formula is C32H34F3NO12. The van der Waals surface area contributed by atoms with E-state index in [1.165, 1.54) is 32.2 Å². The minimum Gasteiger partial charge on any atom is -0.507 e. The summed E-state index contributed by atoms with van der Waals surface area (Å²) in [6.07, 6.45) is -11.5. The first-order valence-electron chi connectivity index (χ1n) is 15.0. The zero-order valence-electron chi connectivity index (χ0n) is 26.3. The number of Topliss-reactive ketones (excluding diaryl/α,β-unsaturated/α-hetero) is 1. The van der Waals surface area contributed by atoms with Crippen molar-refractivity contribution < 1.29 is 71.7 Å². The molecule has 16 heteroatoms. The van der Waals surface area contributed by atoms with Crippen LogP contribution >= 0.6 is 0 Å². The van der Waals surface area contributed by atoms with Gasteiger partial charge in [0.2, 0.25) is 5.78 Å². The summed E-state index contributed by atoms with van der Waals surface area (Å²) in [6, 6.07) is 2.63. The fourth-order valence-electron chi connectivity index (χ4n) is 6.43. The number of hydrogen-bond donors (Lipinski definition) is 5. The Kier molecular flexibility index (Phi) is 9.11. The second-order valence-corrected chi connectivity index (χ2v) is 12.2. The molecule has 2 aromatic rings. The van der Waals surface area contributed by atoms with Gasteiger partial charge in [-0.2, -0.15) is 13.2 Å². The first-order chi connectivity index (χ1) is 22.4. The maximum Gasteiger partial charge on any atom is 0.471 e. The van der Waals surface area contributed by atoms with Crippen LogP contribution in [0.5, 0.6) is 17.2 Å². The van der Waals surface area contributed by atoms with Gasteiger partial charge in [0.05, 0.1) is 42.0 Å². The summed E-state index contributed by atoms with van der Waals surface area (Å²) in [7, 11) is 1.27. The number of carbonyl (C=O) groups excluding carboxylic acids is 4. The molecule has 260 valence electrons. The van der Waals surface area contributed by atoms with Gasteiger partial charge in [0.25, 0.3) is 0 Å². The van der Waals surface area contributed by atoms with Crippen LogP contribution in [-0.2, 0) is 30.2 Å². The Balaban J connectivity index is 1.62. The fraction of sp³-hybridized carbons (Fsp3) is 0.500. The van der Waals surface area contributed by atoms with Gasteiger partial charge in [-0.15, -0.1) is 0 Å². The van der Waals surface area contributed by atoms with Crippen LogP contribution in [0.1, 0.15) is 82.7 Å². The maximum atomic E-state index is 13.8. The fourth-order valence-corrected chi connectivity index (χ4v) is 6.43. The molecule has 1 aliphatic heterocycles. The number of ketones is 3. The van der Waals surface area contributed by atoms with Gasteiger partial charge >= 0.3 is 12.1 Å². The number of hydrogen-bond acceptors (Lipinski definition) is 12. The largest absolute Gasteiger partial charge is 0.507 e. The van der Waals surface area contributed by atoms with Crippen molar-refractivity contribution in [2.75, 3.05) is 20.3 Å². The van der Waals surface area contributed by atoms with E-state index in [4.69, 9.17) is 18.9 Å². The van der Waals surface area contributed by atoms with E-state index in [1.54, 1.807) is 12.2 Å². The lowest BCUT2D eigenvalue weighted by Gasteiger charge is -2.47. The van der Waals surface area contributed by atoms with Crippen LogP contribution in [0.25, 0.3) is 0 Å². The van der Waals surface area contributed by atoms with Crippen molar-refractivity contribution in [3.05, 3.63) is 51.6 Å². The lowest BCUT2D eigenvalue weighted by atomic mass is 9.72. The molecule has 0 radical (unpaired) electrons. The molecule has 0 aromatic heterocycles. The van der Waals surface area contributed by atoms with Gasteiger partial charge in [0.15, 0.2) is 17.9 Å². The van der Waals surface area contributed by atoms with Crippen LogP contribution in [0.2, 0.25) is 0 Å². The number of aromatic hydroxyl groups is 2. The van der Waals surface area contributed by atoms with Gasteiger partial charge in [-0.05, 0) is 26.8 Å². The highest BCUT2D eigenvalue weighted by Gasteiger charge is 2.53. The van der Waals surface area contributed by atoms with Crippen molar-refractivity contribution in [3.63, 3.8) is 0 Å². The minimum atomic E-state index is -5.28. The van der Waals surface area contributed by atoms with E-state index in [0.29, 0.717) is 0 Å². The summed E-state index contributed by atoms with van der Waals surface area (Å²) in [4.78, 5) is 52.6. The van der Waals surface area contributed by atoms with E-state index in [9.17, 15) is 52.8 Å². The molecule has 1 heterocycles. The van der Waals surface area contributed by atoms with Crippen LogP contribution in [0, 0.1) is 0 Å². The maximum absolute atomic E-state index is 13.8. The van der Waals surface area contributed by atoms with Crippen LogP contribution in [-0.4, -0.2) is 99.8 Å². The van der Waals surface area contributed by atoms with Crippen LogP contribution in [0.3, 0.4) is 0 Å². The Morgan fingerprint density at radius 1 is 1.08 bits per heavy atom. The molecule has 0 bridgehead atoms. The molecule has 1 amide bonds. The average molecular weight is 682 g/mol. The van der Waals surface area contributed by atoms with E-state index in [0.717, 1.165) is 6.92 Å². The Hall–Kier alpha value is -4.09. The monoisotopic (exact) mass is 681 g/mol. The third-order valence-corrected chi connectivity index (χ3v) is 9.22. The molecule has 0 saturated carbocycles. The van der Waals surface area contributed by atoms with Crippen molar-refractivity contribution in [1.29, 1.82) is 0 Å². The number of ether oxygens (including phenoxy) is 4. The van der Waals surface area contributed by atoms with Crippen LogP contribution < -0.4 is 10.1 Å². The smallest absolute Gasteiger partial charge is 0.471 e. The van der Waals surface area contributed by atoms with Crippen molar-refractivity contribution in [2.24, 2.45) is 0 Å². The summed E-state index contributed by atoms with van der Waals surface area (Å²) in [6.45, 7) is 3.61. The number of benzene rings is 2. The Morgan fingerprint density at radius 2 is 1.75 bits per heavy atom. The quantitative estimate of drug-likeness (QED) is 0.218. The lowest BCUT2D eigenvalue weighted by Crippen LogP contribution is -2.64. The molecule has 48 heavy (non-hydrogen) atoms. The molecule has 1 fully saturated rings. The van der Waals surface area contributed by atoms with E-state index in [1.807, 2.05) is 0 Å². The van der Waals surface area contributed by atoms with Crippen molar-refractivity contribution >= 4 is 23.3 Å². The second kappa shape index (κ2) is 12.4. The molecule has 13 nitrogen and oxygen atoms in total. The predicted octanol–water partition coefficient (Wildman–Crippen LogP) is 2.16. The second-order valence-electron chi connectivity index (χ2n) is 12.2. The number of phenols is 2. The van der Waals surface area contributed by atoms with Gasteiger partial charge in [0.1, 0.15) is 35.1 Å². The lowest BCUT2D eigenvalue weighted by molar-refractivity contribution is -0.272. The number of carbonyl (C=O) groups is 4. The van der Waals surface area contributed by atoms with Gasteiger partial charge in [-0.3, -0.25) is 19.2 Å². The molecule has 2 aromatic carbocycles. The van der Waals surface area contributed by atoms with Crippen LogP contribution in [0.15, 0.2) is 18.2 Å². The number of rotatable bonds is 8. The number of aliphatic hydroxyl groups is 2. The predicted molar refractivity (Wildman–Crippen MR) is 156 cm³/mol. The highest BCUT2D eigenvalue weighted by atomic mass is 19.4. The molecule has 6 unspecified atom stereocenters. The van der Waals surface area contributed by atoms with Gasteiger partial charge in [0, 0.05) is 42.6 Å². The molecule has 2 aliphatic carbocycles. The summed E-state index contributed by atoms with van der Waals surface area (Å²) in [5.74, 6) is -6.52. The Bertz CT molecular complexity index is 1690. The minimum absolute atomic E-state index is 0.0143. The number of methoxy groups -OCH3 is 1. The molecule has 3 aliphatic rings. The number of fused-ring (bicyclic) bond motifs is 3. The summed E-state index contributed by atoms with van der Waals surface area (Å²) in [5, 5.41) is 47.5. The number of alkyl halides is 3. The van der Waals surface area contributed by atoms with Crippen molar-refractivity contribution in [2.45, 2.75) is 82.0 Å². The van der Waals surface area contributed by atoms with Crippen molar-refractivity contribution in [3.8, 4) is 17.2 Å². The molecule has 5 N–H and O–H groups in total. The Labute approximate surface area is 271 Å². The number of halogens is 3. The summed E-state index contributed by atoms with van der Waals surface area (Å²) < 4.78 is 61.6. The van der Waals surface area contributed by atoms with Crippen LogP contribution in [0.4, 0.5) is 13.2 Å².